The van der Waals surface area contributed by atoms with E-state index in [2.05, 4.69) is 32.0 Å². The Balaban J connectivity index is 2.08. The minimum Gasteiger partial charge on any atom is -0.484 e. The van der Waals surface area contributed by atoms with E-state index in [-0.39, 0.29) is 6.10 Å². The third-order valence-corrected chi connectivity index (χ3v) is 3.86. The number of hydrogen-bond acceptors (Lipinski definition) is 3. The Hall–Kier alpha value is -1.32. The molecule has 0 amide bonds. The highest BCUT2D eigenvalue weighted by Gasteiger charge is 2.12. The fraction of sp³-hybridized carbons (Fsp3) is 0.333. The maximum atomic E-state index is 5.93. The molecule has 2 rings (SSSR count). The van der Waals surface area contributed by atoms with Gasteiger partial charge >= 0.3 is 0 Å². The van der Waals surface area contributed by atoms with E-state index in [1.54, 1.807) is 11.3 Å². The molecular weight excluding hydrogens is 242 g/mol. The van der Waals surface area contributed by atoms with Gasteiger partial charge in [0.25, 0.3) is 0 Å². The molecule has 96 valence electrons. The van der Waals surface area contributed by atoms with Crippen LogP contribution in [0.15, 0.2) is 41.8 Å². The summed E-state index contributed by atoms with van der Waals surface area (Å²) in [7, 11) is 0. The van der Waals surface area contributed by atoms with Crippen molar-refractivity contribution < 1.29 is 4.74 Å². The molecule has 1 atom stereocenters. The standard InChI is InChI=1S/C15H19NOS/c1-11(2)12-5-7-13(8-6-12)17-14(10-16)15-4-3-9-18-15/h3-9,11,14H,10,16H2,1-2H3. The Bertz CT molecular complexity index is 462. The molecule has 0 bridgehead atoms. The molecular formula is C15H19NOS. The van der Waals surface area contributed by atoms with Crippen LogP contribution in [0, 0.1) is 0 Å². The van der Waals surface area contributed by atoms with Crippen LogP contribution in [-0.4, -0.2) is 6.54 Å². The molecule has 0 fully saturated rings. The van der Waals surface area contributed by atoms with Crippen molar-refractivity contribution in [1.82, 2.24) is 0 Å². The second-order valence-electron chi connectivity index (χ2n) is 4.58. The highest BCUT2D eigenvalue weighted by atomic mass is 32.1. The zero-order valence-corrected chi connectivity index (χ0v) is 11.6. The number of ether oxygens (including phenoxy) is 1. The Morgan fingerprint density at radius 1 is 1.17 bits per heavy atom. The summed E-state index contributed by atoms with van der Waals surface area (Å²) in [6, 6.07) is 12.3. The lowest BCUT2D eigenvalue weighted by Gasteiger charge is -2.16. The van der Waals surface area contributed by atoms with Crippen LogP contribution in [0.4, 0.5) is 0 Å². The van der Waals surface area contributed by atoms with E-state index in [0.29, 0.717) is 12.5 Å². The van der Waals surface area contributed by atoms with Crippen LogP contribution in [0.1, 0.15) is 36.3 Å². The van der Waals surface area contributed by atoms with Gasteiger partial charge in [-0.2, -0.15) is 0 Å². The number of nitrogens with two attached hydrogens (primary N) is 1. The van der Waals surface area contributed by atoms with Crippen molar-refractivity contribution in [3.63, 3.8) is 0 Å². The maximum Gasteiger partial charge on any atom is 0.145 e. The first-order chi connectivity index (χ1) is 8.70. The van der Waals surface area contributed by atoms with Crippen LogP contribution in [0.25, 0.3) is 0 Å². The molecule has 0 saturated heterocycles. The van der Waals surface area contributed by atoms with E-state index in [9.17, 15) is 0 Å². The third kappa shape index (κ3) is 3.12. The number of rotatable bonds is 5. The van der Waals surface area contributed by atoms with E-state index in [4.69, 9.17) is 10.5 Å². The first-order valence-electron chi connectivity index (χ1n) is 6.20. The van der Waals surface area contributed by atoms with Crippen molar-refractivity contribution >= 4 is 11.3 Å². The van der Waals surface area contributed by atoms with Crippen molar-refractivity contribution in [2.24, 2.45) is 5.73 Å². The molecule has 0 aliphatic rings. The van der Waals surface area contributed by atoms with Gasteiger partial charge in [0.05, 0.1) is 0 Å². The topological polar surface area (TPSA) is 35.2 Å². The molecule has 3 heteroatoms. The Labute approximate surface area is 112 Å². The van der Waals surface area contributed by atoms with Crippen molar-refractivity contribution in [3.8, 4) is 5.75 Å². The molecule has 0 spiro atoms. The summed E-state index contributed by atoms with van der Waals surface area (Å²) in [5.74, 6) is 1.42. The summed E-state index contributed by atoms with van der Waals surface area (Å²) in [6.07, 6.45) is -0.0464. The average molecular weight is 261 g/mol. The van der Waals surface area contributed by atoms with Gasteiger partial charge in [-0.05, 0) is 35.1 Å². The summed E-state index contributed by atoms with van der Waals surface area (Å²) >= 11 is 1.68. The van der Waals surface area contributed by atoms with Crippen molar-refractivity contribution in [3.05, 3.63) is 52.2 Å². The Morgan fingerprint density at radius 2 is 1.89 bits per heavy atom. The monoisotopic (exact) mass is 261 g/mol. The molecule has 2 aromatic rings. The summed E-state index contributed by atoms with van der Waals surface area (Å²) in [6.45, 7) is 4.86. The van der Waals surface area contributed by atoms with Gasteiger partial charge in [0, 0.05) is 11.4 Å². The van der Waals surface area contributed by atoms with Gasteiger partial charge in [-0.3, -0.25) is 0 Å². The molecule has 0 aliphatic carbocycles. The first-order valence-corrected chi connectivity index (χ1v) is 7.08. The molecule has 1 unspecified atom stereocenters. The quantitative estimate of drug-likeness (QED) is 0.884. The summed E-state index contributed by atoms with van der Waals surface area (Å²) < 4.78 is 5.93. The average Bonchev–Trinajstić information content (AvgIpc) is 2.90. The van der Waals surface area contributed by atoms with Crippen molar-refractivity contribution in [2.45, 2.75) is 25.9 Å². The second kappa shape index (κ2) is 6.03. The van der Waals surface area contributed by atoms with Crippen LogP contribution < -0.4 is 10.5 Å². The third-order valence-electron chi connectivity index (χ3n) is 2.90. The fourth-order valence-electron chi connectivity index (χ4n) is 1.79. The minimum atomic E-state index is -0.0464. The lowest BCUT2D eigenvalue weighted by atomic mass is 10.0. The van der Waals surface area contributed by atoms with Gasteiger partial charge in [-0.15, -0.1) is 11.3 Å². The minimum absolute atomic E-state index is 0.0464. The van der Waals surface area contributed by atoms with Crippen molar-refractivity contribution in [2.75, 3.05) is 6.54 Å². The molecule has 1 aromatic carbocycles. The molecule has 1 heterocycles. The molecule has 0 aliphatic heterocycles. The Morgan fingerprint density at radius 3 is 2.39 bits per heavy atom. The predicted octanol–water partition coefficient (Wildman–Crippen LogP) is 3.95. The lowest BCUT2D eigenvalue weighted by molar-refractivity contribution is 0.218. The van der Waals surface area contributed by atoms with Crippen LogP contribution >= 0.6 is 11.3 Å². The largest absolute Gasteiger partial charge is 0.484 e. The highest BCUT2D eigenvalue weighted by molar-refractivity contribution is 7.10. The normalized spacial score (nSPS) is 12.7. The van der Waals surface area contributed by atoms with E-state index in [0.717, 1.165) is 5.75 Å². The van der Waals surface area contributed by atoms with Gasteiger partial charge in [0.2, 0.25) is 0 Å². The van der Waals surface area contributed by atoms with Gasteiger partial charge in [0.1, 0.15) is 11.9 Å². The van der Waals surface area contributed by atoms with Gasteiger partial charge in [-0.25, -0.2) is 0 Å². The summed E-state index contributed by atoms with van der Waals surface area (Å²) in [5.41, 5.74) is 7.09. The van der Waals surface area contributed by atoms with E-state index in [1.165, 1.54) is 10.4 Å². The summed E-state index contributed by atoms with van der Waals surface area (Å²) in [4.78, 5) is 1.17. The zero-order valence-electron chi connectivity index (χ0n) is 10.8. The SMILES string of the molecule is CC(C)c1ccc(OC(CN)c2cccs2)cc1. The molecule has 2 N–H and O–H groups in total. The number of benzene rings is 1. The maximum absolute atomic E-state index is 5.93. The number of thiophene rings is 1. The van der Waals surface area contributed by atoms with E-state index < -0.39 is 0 Å². The molecule has 0 saturated carbocycles. The molecule has 18 heavy (non-hydrogen) atoms. The molecule has 1 aromatic heterocycles. The predicted molar refractivity (Wildman–Crippen MR) is 77.3 cm³/mol. The molecule has 0 radical (unpaired) electrons. The fourth-order valence-corrected chi connectivity index (χ4v) is 2.56. The lowest BCUT2D eigenvalue weighted by Crippen LogP contribution is -2.17. The van der Waals surface area contributed by atoms with Gasteiger partial charge < -0.3 is 10.5 Å². The van der Waals surface area contributed by atoms with Gasteiger partial charge in [0.15, 0.2) is 0 Å². The van der Waals surface area contributed by atoms with E-state index >= 15 is 0 Å². The number of hydrogen-bond donors (Lipinski definition) is 1. The van der Waals surface area contributed by atoms with Crippen molar-refractivity contribution in [1.29, 1.82) is 0 Å². The molecule has 2 nitrogen and oxygen atoms in total. The summed E-state index contributed by atoms with van der Waals surface area (Å²) in [5, 5.41) is 2.04. The van der Waals surface area contributed by atoms with Gasteiger partial charge in [-0.1, -0.05) is 32.0 Å². The first kappa shape index (κ1) is 13.1. The van der Waals surface area contributed by atoms with Crippen LogP contribution in [0.5, 0.6) is 5.75 Å². The second-order valence-corrected chi connectivity index (χ2v) is 5.56. The Kier molecular flexibility index (Phi) is 4.39. The van der Waals surface area contributed by atoms with Crippen LogP contribution in [-0.2, 0) is 0 Å². The van der Waals surface area contributed by atoms with Crippen LogP contribution in [0.3, 0.4) is 0 Å². The van der Waals surface area contributed by atoms with E-state index in [1.807, 2.05) is 23.6 Å². The smallest absolute Gasteiger partial charge is 0.145 e. The highest BCUT2D eigenvalue weighted by Crippen LogP contribution is 2.26. The zero-order chi connectivity index (χ0) is 13.0. The van der Waals surface area contributed by atoms with Crippen LogP contribution in [0.2, 0.25) is 0 Å².